The van der Waals surface area contributed by atoms with Crippen LogP contribution >= 0.6 is 0 Å². The van der Waals surface area contributed by atoms with E-state index in [0.717, 1.165) is 30.3 Å². The topological polar surface area (TPSA) is 178 Å². The van der Waals surface area contributed by atoms with E-state index in [9.17, 15) is 24.9 Å². The highest BCUT2D eigenvalue weighted by Crippen LogP contribution is 2.28. The SMILES string of the molecule is C[C@H]1CC[C@H](Cn2c(=O)n(CC(O)(CO)CO)c(=O)[nH]/c2=N\c2ccc(OC3=CC=CC(C#N)N3)cc2)CC1. The van der Waals surface area contributed by atoms with E-state index in [2.05, 4.69) is 28.3 Å². The van der Waals surface area contributed by atoms with Crippen LogP contribution in [0.15, 0.2) is 63.0 Å². The summed E-state index contributed by atoms with van der Waals surface area (Å²) in [7, 11) is 0. The molecule has 4 rings (SSSR count). The number of aromatic nitrogens is 3. The highest BCUT2D eigenvalue weighted by molar-refractivity contribution is 5.41. The summed E-state index contributed by atoms with van der Waals surface area (Å²) in [5.41, 5.74) is -3.02. The Morgan fingerprint density at radius 2 is 1.82 bits per heavy atom. The van der Waals surface area contributed by atoms with Gasteiger partial charge in [0.05, 0.1) is 31.5 Å². The molecule has 1 atom stereocenters. The lowest BCUT2D eigenvalue weighted by molar-refractivity contribution is -0.0677. The summed E-state index contributed by atoms with van der Waals surface area (Å²) in [6.45, 7) is 0.307. The second-order valence-corrected chi connectivity index (χ2v) is 10.3. The average molecular weight is 539 g/mol. The van der Waals surface area contributed by atoms with Crippen molar-refractivity contribution < 1.29 is 20.1 Å². The zero-order valence-electron chi connectivity index (χ0n) is 21.8. The molecule has 12 nitrogen and oxygen atoms in total. The third kappa shape index (κ3) is 6.94. The molecule has 12 heteroatoms. The van der Waals surface area contributed by atoms with Gasteiger partial charge in [-0.3, -0.25) is 9.55 Å². The van der Waals surface area contributed by atoms with Gasteiger partial charge in [0.25, 0.3) is 0 Å². The van der Waals surface area contributed by atoms with Gasteiger partial charge in [-0.2, -0.15) is 5.26 Å². The number of nitrogens with zero attached hydrogens (tertiary/aromatic N) is 4. The van der Waals surface area contributed by atoms with Gasteiger partial charge in [0.15, 0.2) is 5.88 Å². The minimum atomic E-state index is -2.03. The van der Waals surface area contributed by atoms with Gasteiger partial charge in [-0.05, 0) is 61.1 Å². The minimum Gasteiger partial charge on any atom is -0.441 e. The number of aliphatic hydroxyl groups excluding tert-OH is 2. The summed E-state index contributed by atoms with van der Waals surface area (Å²) >= 11 is 0. The molecule has 0 spiro atoms. The van der Waals surface area contributed by atoms with Gasteiger partial charge in [-0.1, -0.05) is 25.8 Å². The molecule has 2 aliphatic rings. The van der Waals surface area contributed by atoms with Crippen LogP contribution < -0.4 is 27.1 Å². The molecular weight excluding hydrogens is 504 g/mol. The molecule has 1 saturated carbocycles. The third-order valence-electron chi connectivity index (χ3n) is 7.09. The summed E-state index contributed by atoms with van der Waals surface area (Å²) in [4.78, 5) is 33.5. The molecule has 2 aromatic rings. The van der Waals surface area contributed by atoms with Crippen molar-refractivity contribution in [2.24, 2.45) is 16.8 Å². The Morgan fingerprint density at radius 3 is 2.46 bits per heavy atom. The van der Waals surface area contributed by atoms with Crippen molar-refractivity contribution >= 4 is 5.69 Å². The van der Waals surface area contributed by atoms with E-state index in [1.54, 1.807) is 42.5 Å². The van der Waals surface area contributed by atoms with E-state index in [0.29, 0.717) is 29.8 Å². The number of nitrogens with one attached hydrogen (secondary N) is 2. The third-order valence-corrected chi connectivity index (χ3v) is 7.09. The van der Waals surface area contributed by atoms with Crippen molar-refractivity contribution in [3.8, 4) is 11.8 Å². The summed E-state index contributed by atoms with van der Waals surface area (Å²) in [6, 6.07) is 8.31. The van der Waals surface area contributed by atoms with Crippen LogP contribution in [0.2, 0.25) is 0 Å². The fourth-order valence-corrected chi connectivity index (χ4v) is 4.64. The molecule has 0 bridgehead atoms. The van der Waals surface area contributed by atoms with Crippen LogP contribution in [-0.2, 0) is 13.1 Å². The Balaban J connectivity index is 1.67. The van der Waals surface area contributed by atoms with E-state index < -0.39 is 42.8 Å². The van der Waals surface area contributed by atoms with E-state index in [4.69, 9.17) is 10.00 Å². The predicted molar refractivity (Wildman–Crippen MR) is 142 cm³/mol. The zero-order chi connectivity index (χ0) is 28.0. The van der Waals surface area contributed by atoms with Gasteiger partial charge in [0.1, 0.15) is 17.4 Å². The number of hydrogen-bond acceptors (Lipinski definition) is 9. The summed E-state index contributed by atoms with van der Waals surface area (Å²) in [6.07, 6.45) is 9.09. The van der Waals surface area contributed by atoms with Crippen LogP contribution in [-0.4, -0.2) is 54.3 Å². The molecule has 2 heterocycles. The van der Waals surface area contributed by atoms with Crippen LogP contribution in [0.5, 0.6) is 5.75 Å². The molecule has 5 N–H and O–H groups in total. The van der Waals surface area contributed by atoms with Crippen LogP contribution in [0, 0.1) is 23.2 Å². The largest absolute Gasteiger partial charge is 0.441 e. The maximum atomic E-state index is 13.5. The smallest absolute Gasteiger partial charge is 0.335 e. The maximum Gasteiger partial charge on any atom is 0.335 e. The molecule has 1 aliphatic carbocycles. The summed E-state index contributed by atoms with van der Waals surface area (Å²) in [5.74, 6) is 1.75. The standard InChI is InChI=1S/C27H34N6O6/c1-18-5-7-19(8-6-18)14-32-24(31-25(36)33(26(32)37)15-27(38,16-34)17-35)30-20-9-11-22(12-10-20)39-23-4-2-3-21(13-28)29-23/h2-4,9-12,18-19,21,29,34-35,38H,5-8,14-17H2,1H3,(H,30,31,36)/t18-,19-,21?. The van der Waals surface area contributed by atoms with E-state index in [1.807, 2.05) is 0 Å². The number of dihydropyridines is 1. The first kappa shape index (κ1) is 28.1. The van der Waals surface area contributed by atoms with Gasteiger partial charge < -0.3 is 25.4 Å². The average Bonchev–Trinajstić information content (AvgIpc) is 2.95. The van der Waals surface area contributed by atoms with Crippen molar-refractivity contribution in [2.75, 3.05) is 13.2 Å². The molecular formula is C27H34N6O6. The van der Waals surface area contributed by atoms with Gasteiger partial charge >= 0.3 is 11.4 Å². The Morgan fingerprint density at radius 1 is 1.13 bits per heavy atom. The number of ether oxygens (including phenoxy) is 1. The molecule has 0 amide bonds. The van der Waals surface area contributed by atoms with Crippen LogP contribution in [0.3, 0.4) is 0 Å². The Bertz CT molecular complexity index is 1430. The van der Waals surface area contributed by atoms with Crippen molar-refractivity contribution in [1.29, 1.82) is 5.26 Å². The van der Waals surface area contributed by atoms with Crippen LogP contribution in [0.1, 0.15) is 32.6 Å². The lowest BCUT2D eigenvalue weighted by Gasteiger charge is -2.27. The number of allylic oxidation sites excluding steroid dienone is 2. The lowest BCUT2D eigenvalue weighted by atomic mass is 9.83. The molecule has 1 aromatic heterocycles. The first-order valence-electron chi connectivity index (χ1n) is 13.0. The fourth-order valence-electron chi connectivity index (χ4n) is 4.64. The molecule has 1 aliphatic heterocycles. The maximum absolute atomic E-state index is 13.5. The molecule has 208 valence electrons. The highest BCUT2D eigenvalue weighted by atomic mass is 16.5. The van der Waals surface area contributed by atoms with Crippen molar-refractivity contribution in [3.05, 3.63) is 75.0 Å². The highest BCUT2D eigenvalue weighted by Gasteiger charge is 2.28. The monoisotopic (exact) mass is 538 g/mol. The second kappa shape index (κ2) is 12.3. The number of H-pyrrole nitrogens is 1. The Hall–Kier alpha value is -3.92. The molecule has 1 unspecified atom stereocenters. The van der Waals surface area contributed by atoms with Gasteiger partial charge in [0, 0.05) is 6.54 Å². The van der Waals surface area contributed by atoms with Gasteiger partial charge in [-0.25, -0.2) is 19.1 Å². The summed E-state index contributed by atoms with van der Waals surface area (Å²) < 4.78 is 7.93. The lowest BCUT2D eigenvalue weighted by Crippen LogP contribution is -2.55. The second-order valence-electron chi connectivity index (χ2n) is 10.3. The van der Waals surface area contributed by atoms with Crippen LogP contribution in [0.25, 0.3) is 0 Å². The fraction of sp³-hybridized carbons (Fsp3) is 0.481. The zero-order valence-corrected chi connectivity index (χ0v) is 21.8. The minimum absolute atomic E-state index is 0.0590. The number of benzene rings is 1. The first-order chi connectivity index (χ1) is 18.7. The number of aliphatic hydroxyl groups is 3. The number of hydrogen-bond donors (Lipinski definition) is 5. The van der Waals surface area contributed by atoms with Crippen molar-refractivity contribution in [1.82, 2.24) is 19.4 Å². The summed E-state index contributed by atoms with van der Waals surface area (Å²) in [5, 5.41) is 41.4. The molecule has 39 heavy (non-hydrogen) atoms. The molecule has 0 radical (unpaired) electrons. The van der Waals surface area contributed by atoms with Crippen molar-refractivity contribution in [3.63, 3.8) is 0 Å². The van der Waals surface area contributed by atoms with E-state index in [1.165, 1.54) is 4.57 Å². The Labute approximate surface area is 224 Å². The number of rotatable bonds is 9. The van der Waals surface area contributed by atoms with E-state index >= 15 is 0 Å². The quantitative estimate of drug-likeness (QED) is 0.304. The normalized spacial score (nSPS) is 21.7. The predicted octanol–water partition coefficient (Wildman–Crippen LogP) is 0.384. The molecule has 1 fully saturated rings. The van der Waals surface area contributed by atoms with Gasteiger partial charge in [0.2, 0.25) is 5.62 Å². The number of aromatic amines is 1. The Kier molecular flexibility index (Phi) is 8.86. The van der Waals surface area contributed by atoms with E-state index in [-0.39, 0.29) is 11.5 Å². The first-order valence-corrected chi connectivity index (χ1v) is 13.0. The van der Waals surface area contributed by atoms with Crippen molar-refractivity contribution in [2.45, 2.75) is 57.3 Å². The molecule has 1 aromatic carbocycles. The van der Waals surface area contributed by atoms with Crippen LogP contribution in [0.4, 0.5) is 5.69 Å². The number of nitriles is 1. The molecule has 0 saturated heterocycles. The van der Waals surface area contributed by atoms with Gasteiger partial charge in [-0.15, -0.1) is 0 Å².